The number of nitrogens with zero attached hydrogens (tertiary/aromatic N) is 1. The van der Waals surface area contributed by atoms with E-state index in [9.17, 15) is 4.79 Å². The molecule has 6 heteroatoms. The van der Waals surface area contributed by atoms with E-state index in [1.54, 1.807) is 40.9 Å². The van der Waals surface area contributed by atoms with Crippen LogP contribution in [-0.4, -0.2) is 37.4 Å². The Balaban J connectivity index is 4.01. The summed E-state index contributed by atoms with van der Waals surface area (Å²) in [5.41, 5.74) is -0.548. The maximum Gasteiger partial charge on any atom is 0.408 e. The Labute approximate surface area is 108 Å². The Hall–Kier alpha value is -1.85. The van der Waals surface area contributed by atoms with Gasteiger partial charge in [0.15, 0.2) is 0 Å². The zero-order valence-corrected chi connectivity index (χ0v) is 11.5. The van der Waals surface area contributed by atoms with Gasteiger partial charge in [-0.25, -0.2) is 9.79 Å². The normalized spacial score (nSPS) is 12.4. The second-order valence-electron chi connectivity index (χ2n) is 4.56. The van der Waals surface area contributed by atoms with Gasteiger partial charge in [-0.15, -0.1) is 0 Å². The van der Waals surface area contributed by atoms with E-state index >= 15 is 0 Å². The van der Waals surface area contributed by atoms with Crippen molar-refractivity contribution in [2.75, 3.05) is 13.7 Å². The molecule has 1 amide bonds. The summed E-state index contributed by atoms with van der Waals surface area (Å²) in [7, 11) is 1.55. The predicted molar refractivity (Wildman–Crippen MR) is 71.2 cm³/mol. The molecule has 0 heterocycles. The largest absolute Gasteiger partial charge is 0.501 e. The van der Waals surface area contributed by atoms with Crippen molar-refractivity contribution in [3.63, 3.8) is 0 Å². The van der Waals surface area contributed by atoms with Crippen LogP contribution in [-0.2, 0) is 9.47 Å². The number of hydrogen-bond acceptors (Lipinski definition) is 4. The van der Waals surface area contributed by atoms with Crippen molar-refractivity contribution in [1.82, 2.24) is 5.32 Å². The van der Waals surface area contributed by atoms with Gasteiger partial charge in [-0.1, -0.05) is 0 Å². The monoisotopic (exact) mass is 255 g/mol. The molecular formula is C12H21N3O3. The zero-order valence-electron chi connectivity index (χ0n) is 11.5. The lowest BCUT2D eigenvalue weighted by molar-refractivity contribution is 0.0536. The topological polar surface area (TPSA) is 83.8 Å². The molecule has 0 unspecified atom stereocenters. The van der Waals surface area contributed by atoms with Crippen LogP contribution in [0.4, 0.5) is 4.79 Å². The number of ether oxygens (including phenoxy) is 2. The maximum absolute atomic E-state index is 11.3. The van der Waals surface area contributed by atoms with E-state index in [0.29, 0.717) is 5.76 Å². The lowest BCUT2D eigenvalue weighted by Gasteiger charge is -2.19. The Morgan fingerprint density at radius 2 is 2.06 bits per heavy atom. The third-order valence-corrected chi connectivity index (χ3v) is 1.66. The summed E-state index contributed by atoms with van der Waals surface area (Å²) < 4.78 is 9.91. The van der Waals surface area contributed by atoms with Crippen LogP contribution >= 0.6 is 0 Å². The molecule has 0 radical (unpaired) electrons. The molecule has 0 aromatic rings. The Bertz CT molecular complexity index is 354. The number of amides is 1. The minimum Gasteiger partial charge on any atom is -0.501 e. The SMILES string of the molecule is CO/C(C)=C/C=NC(=N)CNC(=O)OC(C)(C)C. The van der Waals surface area contributed by atoms with Crippen molar-refractivity contribution in [3.05, 3.63) is 11.8 Å². The van der Waals surface area contributed by atoms with E-state index < -0.39 is 11.7 Å². The minimum atomic E-state index is -0.564. The molecule has 0 aromatic heterocycles. The highest BCUT2D eigenvalue weighted by atomic mass is 16.6. The molecule has 6 nitrogen and oxygen atoms in total. The van der Waals surface area contributed by atoms with Crippen LogP contribution in [0.5, 0.6) is 0 Å². The van der Waals surface area contributed by atoms with E-state index in [2.05, 4.69) is 10.3 Å². The minimum absolute atomic E-state index is 0.0191. The lowest BCUT2D eigenvalue weighted by Crippen LogP contribution is -2.34. The van der Waals surface area contributed by atoms with Gasteiger partial charge in [0.05, 0.1) is 19.4 Å². The number of allylic oxidation sites excluding steroid dienone is 2. The molecule has 0 saturated heterocycles. The fourth-order valence-corrected chi connectivity index (χ4v) is 0.816. The molecule has 102 valence electrons. The van der Waals surface area contributed by atoms with E-state index in [0.717, 1.165) is 0 Å². The van der Waals surface area contributed by atoms with Crippen molar-refractivity contribution in [2.45, 2.75) is 33.3 Å². The number of carbonyl (C=O) groups is 1. The highest BCUT2D eigenvalue weighted by Crippen LogP contribution is 2.06. The van der Waals surface area contributed by atoms with Crippen molar-refractivity contribution >= 4 is 18.1 Å². The molecule has 0 bridgehead atoms. The van der Waals surface area contributed by atoms with Crippen LogP contribution < -0.4 is 5.32 Å². The molecule has 18 heavy (non-hydrogen) atoms. The number of alkyl carbamates (subject to hydrolysis) is 1. The maximum atomic E-state index is 11.3. The standard InChI is InChI=1S/C12H21N3O3/c1-9(17-5)6-7-14-10(13)8-15-11(16)18-12(2,3)4/h6-7,13H,8H2,1-5H3,(H,15,16)/b9-6+,13-10?,14-7?. The first kappa shape index (κ1) is 16.1. The fourth-order valence-electron chi connectivity index (χ4n) is 0.816. The van der Waals surface area contributed by atoms with Crippen LogP contribution in [0.15, 0.2) is 16.8 Å². The second kappa shape index (κ2) is 7.47. The number of methoxy groups -OCH3 is 1. The quantitative estimate of drug-likeness (QED) is 0.458. The second-order valence-corrected chi connectivity index (χ2v) is 4.56. The Morgan fingerprint density at radius 3 is 2.56 bits per heavy atom. The van der Waals surface area contributed by atoms with Gasteiger partial charge in [0.1, 0.15) is 11.4 Å². The smallest absolute Gasteiger partial charge is 0.408 e. The molecule has 0 rings (SSSR count). The zero-order chi connectivity index (χ0) is 14.2. The van der Waals surface area contributed by atoms with Crippen molar-refractivity contribution in [2.24, 2.45) is 4.99 Å². The molecule has 0 atom stereocenters. The first-order chi connectivity index (χ1) is 8.24. The van der Waals surface area contributed by atoms with Gasteiger partial charge in [0.2, 0.25) is 0 Å². The molecule has 0 aromatic carbocycles. The summed E-state index contributed by atoms with van der Waals surface area (Å²) in [6.07, 6.45) is 2.51. The van der Waals surface area contributed by atoms with Crippen molar-refractivity contribution in [3.8, 4) is 0 Å². The molecule has 2 N–H and O–H groups in total. The summed E-state index contributed by atoms with van der Waals surface area (Å²) in [5.74, 6) is 0.715. The summed E-state index contributed by atoms with van der Waals surface area (Å²) in [4.78, 5) is 15.1. The summed E-state index contributed by atoms with van der Waals surface area (Å²) in [5, 5.41) is 9.92. The van der Waals surface area contributed by atoms with Crippen molar-refractivity contribution < 1.29 is 14.3 Å². The van der Waals surface area contributed by atoms with Gasteiger partial charge in [0.25, 0.3) is 0 Å². The molecule has 0 aliphatic heterocycles. The van der Waals surface area contributed by atoms with E-state index in [1.165, 1.54) is 6.21 Å². The van der Waals surface area contributed by atoms with Gasteiger partial charge in [-0.3, -0.25) is 5.41 Å². The Kier molecular flexibility index (Phi) is 6.70. The van der Waals surface area contributed by atoms with Gasteiger partial charge in [-0.05, 0) is 33.8 Å². The van der Waals surface area contributed by atoms with Crippen LogP contribution in [0.1, 0.15) is 27.7 Å². The first-order valence-corrected chi connectivity index (χ1v) is 5.54. The number of hydrogen-bond donors (Lipinski definition) is 2. The highest BCUT2D eigenvalue weighted by Gasteiger charge is 2.15. The van der Waals surface area contributed by atoms with Crippen LogP contribution in [0.2, 0.25) is 0 Å². The third kappa shape index (κ3) is 9.38. The highest BCUT2D eigenvalue weighted by molar-refractivity contribution is 5.93. The van der Waals surface area contributed by atoms with Gasteiger partial charge in [0, 0.05) is 6.21 Å². The molecule has 0 aliphatic rings. The molecule has 0 aliphatic carbocycles. The van der Waals surface area contributed by atoms with Crippen LogP contribution in [0.3, 0.4) is 0 Å². The summed E-state index contributed by atoms with van der Waals surface area (Å²) in [6, 6.07) is 0. The molecule has 0 saturated carbocycles. The van der Waals surface area contributed by atoms with E-state index in [4.69, 9.17) is 14.9 Å². The number of aliphatic imine (C=N–C) groups is 1. The lowest BCUT2D eigenvalue weighted by atomic mass is 10.2. The average Bonchev–Trinajstić information content (AvgIpc) is 2.23. The summed E-state index contributed by atoms with van der Waals surface area (Å²) >= 11 is 0. The molecule has 0 spiro atoms. The van der Waals surface area contributed by atoms with E-state index in [-0.39, 0.29) is 12.4 Å². The van der Waals surface area contributed by atoms with Crippen LogP contribution in [0, 0.1) is 5.41 Å². The van der Waals surface area contributed by atoms with E-state index in [1.807, 2.05) is 0 Å². The van der Waals surface area contributed by atoms with Gasteiger partial charge in [-0.2, -0.15) is 0 Å². The fraction of sp³-hybridized carbons (Fsp3) is 0.583. The third-order valence-electron chi connectivity index (χ3n) is 1.66. The van der Waals surface area contributed by atoms with Crippen LogP contribution in [0.25, 0.3) is 0 Å². The van der Waals surface area contributed by atoms with Gasteiger partial charge < -0.3 is 14.8 Å². The summed E-state index contributed by atoms with van der Waals surface area (Å²) in [6.45, 7) is 7.11. The number of carbonyl (C=O) groups excluding carboxylic acids is 1. The molecular weight excluding hydrogens is 234 g/mol. The number of nitrogens with one attached hydrogen (secondary N) is 2. The number of amidine groups is 1. The van der Waals surface area contributed by atoms with Gasteiger partial charge >= 0.3 is 6.09 Å². The Morgan fingerprint density at radius 1 is 1.44 bits per heavy atom. The number of rotatable bonds is 4. The average molecular weight is 255 g/mol. The first-order valence-electron chi connectivity index (χ1n) is 5.54. The van der Waals surface area contributed by atoms with Crippen molar-refractivity contribution in [1.29, 1.82) is 5.41 Å². The predicted octanol–water partition coefficient (Wildman–Crippen LogP) is 2.11. The molecule has 0 fully saturated rings.